The van der Waals surface area contributed by atoms with E-state index in [4.69, 9.17) is 4.74 Å². The lowest BCUT2D eigenvalue weighted by Crippen LogP contribution is -2.54. The fourth-order valence-corrected chi connectivity index (χ4v) is 3.20. The first kappa shape index (κ1) is 16.6. The van der Waals surface area contributed by atoms with E-state index in [1.165, 1.54) is 6.42 Å². The Labute approximate surface area is 128 Å². The van der Waals surface area contributed by atoms with Crippen molar-refractivity contribution < 1.29 is 14.6 Å². The predicted octanol–water partition coefficient (Wildman–Crippen LogP) is 2.23. The SMILES string of the molecule is CC(C)(C)OC(=O)N1CCN(CC2(O)CCCCC2)CC1. The number of rotatable bonds is 2. The van der Waals surface area contributed by atoms with Crippen molar-refractivity contribution >= 4 is 6.09 Å². The molecule has 0 unspecified atom stereocenters. The lowest BCUT2D eigenvalue weighted by molar-refractivity contribution is -0.0379. The number of nitrogens with zero attached hydrogens (tertiary/aromatic N) is 2. The van der Waals surface area contributed by atoms with Crippen LogP contribution < -0.4 is 0 Å². The Hall–Kier alpha value is -0.810. The Kier molecular flexibility index (Phi) is 5.15. The highest BCUT2D eigenvalue weighted by Gasteiger charge is 2.33. The van der Waals surface area contributed by atoms with E-state index in [1.807, 2.05) is 20.8 Å². The first-order valence-corrected chi connectivity index (χ1v) is 8.20. The summed E-state index contributed by atoms with van der Waals surface area (Å²) in [5.74, 6) is 0. The summed E-state index contributed by atoms with van der Waals surface area (Å²) in [6.45, 7) is 9.42. The van der Waals surface area contributed by atoms with Gasteiger partial charge in [0.25, 0.3) is 0 Å². The van der Waals surface area contributed by atoms with Gasteiger partial charge in [0.2, 0.25) is 0 Å². The lowest BCUT2D eigenvalue weighted by Gasteiger charge is -2.41. The van der Waals surface area contributed by atoms with Crippen LogP contribution in [-0.4, -0.2) is 64.9 Å². The summed E-state index contributed by atoms with van der Waals surface area (Å²) in [6.07, 6.45) is 5.12. The number of aliphatic hydroxyl groups is 1. The summed E-state index contributed by atoms with van der Waals surface area (Å²) in [5, 5.41) is 10.6. The van der Waals surface area contributed by atoms with Crippen LogP contribution in [0.2, 0.25) is 0 Å². The molecule has 5 nitrogen and oxygen atoms in total. The molecule has 0 atom stereocenters. The Morgan fingerprint density at radius 3 is 2.19 bits per heavy atom. The number of β-amino-alcohol motifs (C(OH)–C–C–N with tert-alkyl or cyclic N) is 1. The number of amides is 1. The van der Waals surface area contributed by atoms with Gasteiger partial charge in [-0.3, -0.25) is 4.90 Å². The highest BCUT2D eigenvalue weighted by Crippen LogP contribution is 2.29. The molecule has 0 aromatic heterocycles. The monoisotopic (exact) mass is 298 g/mol. The van der Waals surface area contributed by atoms with Crippen molar-refractivity contribution in [3.63, 3.8) is 0 Å². The second-order valence-corrected chi connectivity index (χ2v) is 7.53. The Balaban J connectivity index is 1.76. The van der Waals surface area contributed by atoms with Crippen LogP contribution in [0.25, 0.3) is 0 Å². The van der Waals surface area contributed by atoms with Crippen molar-refractivity contribution in [1.29, 1.82) is 0 Å². The van der Waals surface area contributed by atoms with Gasteiger partial charge in [0.15, 0.2) is 0 Å². The Morgan fingerprint density at radius 2 is 1.67 bits per heavy atom. The van der Waals surface area contributed by atoms with E-state index >= 15 is 0 Å². The van der Waals surface area contributed by atoms with Crippen molar-refractivity contribution in [2.24, 2.45) is 0 Å². The van der Waals surface area contributed by atoms with Crippen LogP contribution in [0.1, 0.15) is 52.9 Å². The standard InChI is InChI=1S/C16H30N2O3/c1-15(2,3)21-14(19)18-11-9-17(10-12-18)13-16(20)7-5-4-6-8-16/h20H,4-13H2,1-3H3. The van der Waals surface area contributed by atoms with Crippen molar-refractivity contribution in [3.8, 4) is 0 Å². The summed E-state index contributed by atoms with van der Waals surface area (Å²) < 4.78 is 5.40. The second kappa shape index (κ2) is 6.53. The van der Waals surface area contributed by atoms with E-state index < -0.39 is 11.2 Å². The molecule has 1 N–H and O–H groups in total. The van der Waals surface area contributed by atoms with Crippen LogP contribution in [0.15, 0.2) is 0 Å². The van der Waals surface area contributed by atoms with Crippen molar-refractivity contribution in [3.05, 3.63) is 0 Å². The molecule has 122 valence electrons. The molecule has 2 fully saturated rings. The first-order valence-electron chi connectivity index (χ1n) is 8.20. The van der Waals surface area contributed by atoms with Crippen LogP contribution in [0, 0.1) is 0 Å². The minimum Gasteiger partial charge on any atom is -0.444 e. The molecule has 0 aromatic carbocycles. The molecule has 2 aliphatic rings. The molecule has 0 bridgehead atoms. The molecular formula is C16H30N2O3. The molecule has 1 saturated carbocycles. The predicted molar refractivity (Wildman–Crippen MR) is 82.3 cm³/mol. The van der Waals surface area contributed by atoms with Crippen molar-refractivity contribution in [1.82, 2.24) is 9.80 Å². The zero-order valence-corrected chi connectivity index (χ0v) is 13.7. The van der Waals surface area contributed by atoms with Crippen LogP contribution >= 0.6 is 0 Å². The van der Waals surface area contributed by atoms with Gasteiger partial charge in [0.05, 0.1) is 5.60 Å². The molecule has 0 radical (unpaired) electrons. The third-order valence-corrected chi connectivity index (χ3v) is 4.33. The molecule has 1 aliphatic carbocycles. The summed E-state index contributed by atoms with van der Waals surface area (Å²) >= 11 is 0. The van der Waals surface area contributed by atoms with Crippen LogP contribution in [0.4, 0.5) is 4.79 Å². The number of piperazine rings is 1. The fraction of sp³-hybridized carbons (Fsp3) is 0.938. The fourth-order valence-electron chi connectivity index (χ4n) is 3.20. The topological polar surface area (TPSA) is 53.0 Å². The minimum atomic E-state index is -0.508. The van der Waals surface area contributed by atoms with E-state index in [0.717, 1.165) is 45.3 Å². The van der Waals surface area contributed by atoms with Gasteiger partial charge in [0.1, 0.15) is 5.60 Å². The number of carbonyl (C=O) groups is 1. The quantitative estimate of drug-likeness (QED) is 0.849. The summed E-state index contributed by atoms with van der Waals surface area (Å²) in [6, 6.07) is 0. The maximum Gasteiger partial charge on any atom is 0.410 e. The van der Waals surface area contributed by atoms with Gasteiger partial charge in [-0.25, -0.2) is 4.79 Å². The second-order valence-electron chi connectivity index (χ2n) is 7.53. The van der Waals surface area contributed by atoms with E-state index in [-0.39, 0.29) is 6.09 Å². The molecule has 1 heterocycles. The molecule has 2 rings (SSSR count). The van der Waals surface area contributed by atoms with Crippen molar-refractivity contribution in [2.75, 3.05) is 32.7 Å². The van der Waals surface area contributed by atoms with Crippen molar-refractivity contribution in [2.45, 2.75) is 64.1 Å². The highest BCUT2D eigenvalue weighted by atomic mass is 16.6. The molecule has 1 amide bonds. The minimum absolute atomic E-state index is 0.224. The summed E-state index contributed by atoms with van der Waals surface area (Å²) in [7, 11) is 0. The molecule has 5 heteroatoms. The first-order chi connectivity index (χ1) is 9.77. The molecule has 21 heavy (non-hydrogen) atoms. The zero-order valence-electron chi connectivity index (χ0n) is 13.7. The van der Waals surface area contributed by atoms with Crippen LogP contribution in [0.5, 0.6) is 0 Å². The molecule has 0 aromatic rings. The van der Waals surface area contributed by atoms with Gasteiger partial charge < -0.3 is 14.7 Å². The smallest absolute Gasteiger partial charge is 0.410 e. The normalized spacial score (nSPS) is 23.9. The third-order valence-electron chi connectivity index (χ3n) is 4.33. The van der Waals surface area contributed by atoms with Gasteiger partial charge in [-0.05, 0) is 33.6 Å². The summed E-state index contributed by atoms with van der Waals surface area (Å²) in [4.78, 5) is 16.1. The average Bonchev–Trinajstić information content (AvgIpc) is 2.38. The van der Waals surface area contributed by atoms with E-state index in [1.54, 1.807) is 4.90 Å². The largest absolute Gasteiger partial charge is 0.444 e. The Morgan fingerprint density at radius 1 is 1.10 bits per heavy atom. The highest BCUT2D eigenvalue weighted by molar-refractivity contribution is 5.68. The van der Waals surface area contributed by atoms with Gasteiger partial charge in [-0.1, -0.05) is 19.3 Å². The molecule has 0 spiro atoms. The molecular weight excluding hydrogens is 268 g/mol. The number of ether oxygens (including phenoxy) is 1. The summed E-state index contributed by atoms with van der Waals surface area (Å²) in [5.41, 5.74) is -0.947. The molecule has 1 aliphatic heterocycles. The van der Waals surface area contributed by atoms with Gasteiger partial charge in [-0.15, -0.1) is 0 Å². The van der Waals surface area contributed by atoms with Gasteiger partial charge in [-0.2, -0.15) is 0 Å². The number of hydrogen-bond donors (Lipinski definition) is 1. The van der Waals surface area contributed by atoms with E-state index in [0.29, 0.717) is 13.1 Å². The average molecular weight is 298 g/mol. The molecule has 1 saturated heterocycles. The maximum atomic E-state index is 12.0. The Bertz CT molecular complexity index is 351. The van der Waals surface area contributed by atoms with Gasteiger partial charge >= 0.3 is 6.09 Å². The number of hydrogen-bond acceptors (Lipinski definition) is 4. The van der Waals surface area contributed by atoms with Crippen LogP contribution in [0.3, 0.4) is 0 Å². The van der Waals surface area contributed by atoms with E-state index in [9.17, 15) is 9.90 Å². The lowest BCUT2D eigenvalue weighted by atomic mass is 9.84. The number of carbonyl (C=O) groups excluding carboxylic acids is 1. The zero-order chi connectivity index (χ0) is 15.5. The van der Waals surface area contributed by atoms with Gasteiger partial charge in [0, 0.05) is 32.7 Å². The van der Waals surface area contributed by atoms with Crippen LogP contribution in [-0.2, 0) is 4.74 Å². The maximum absolute atomic E-state index is 12.0. The third kappa shape index (κ3) is 5.15. The van der Waals surface area contributed by atoms with E-state index in [2.05, 4.69) is 4.90 Å².